The number of halogens is 2. The largest absolute Gasteiger partial charge is 0.358 e. The summed E-state index contributed by atoms with van der Waals surface area (Å²) in [4.78, 5) is 24.4. The van der Waals surface area contributed by atoms with Crippen LogP contribution in [0.1, 0.15) is 10.4 Å². The Labute approximate surface area is 113 Å². The molecule has 4 nitrogen and oxygen atoms in total. The predicted molar refractivity (Wildman–Crippen MR) is 70.2 cm³/mol. The Morgan fingerprint density at radius 2 is 2.12 bits per heavy atom. The molecule has 0 aliphatic carbocycles. The highest BCUT2D eigenvalue weighted by Crippen LogP contribution is 2.23. The molecule has 1 N–H and O–H groups in total. The molecular weight excluding hydrogens is 307 g/mol. The van der Waals surface area contributed by atoms with Gasteiger partial charge in [-0.15, -0.1) is 0 Å². The number of benzene rings is 1. The van der Waals surface area contributed by atoms with Gasteiger partial charge in [-0.1, -0.05) is 11.6 Å². The average Bonchev–Trinajstić information content (AvgIpc) is 2.31. The van der Waals surface area contributed by atoms with Crippen molar-refractivity contribution in [3.63, 3.8) is 0 Å². The summed E-state index contributed by atoms with van der Waals surface area (Å²) in [6.07, 6.45) is 0. The molecule has 0 aromatic heterocycles. The van der Waals surface area contributed by atoms with Crippen LogP contribution in [0.4, 0.5) is 0 Å². The molecule has 92 valence electrons. The molecule has 0 spiro atoms. The average molecular weight is 320 g/mol. The Bertz CT molecular complexity index is 451. The zero-order valence-electron chi connectivity index (χ0n) is 9.46. The molecule has 2 amide bonds. The lowest BCUT2D eigenvalue weighted by molar-refractivity contribution is -0.121. The van der Waals surface area contributed by atoms with E-state index < -0.39 is 0 Å². The van der Waals surface area contributed by atoms with Gasteiger partial charge in [0.05, 0.1) is 11.6 Å². The van der Waals surface area contributed by atoms with Crippen LogP contribution in [0.2, 0.25) is 5.02 Å². The Morgan fingerprint density at radius 1 is 1.47 bits per heavy atom. The van der Waals surface area contributed by atoms with Gasteiger partial charge in [0.2, 0.25) is 5.91 Å². The maximum absolute atomic E-state index is 11.9. The van der Waals surface area contributed by atoms with Crippen LogP contribution < -0.4 is 5.32 Å². The zero-order chi connectivity index (χ0) is 13.0. The second-order valence-electron chi connectivity index (χ2n) is 3.46. The summed E-state index contributed by atoms with van der Waals surface area (Å²) in [5.74, 6) is -0.445. The van der Waals surface area contributed by atoms with Crippen LogP contribution in [0.3, 0.4) is 0 Å². The third kappa shape index (κ3) is 3.71. The SMILES string of the molecule is CNC(=O)CN(C)C(=O)c1ccc(Cl)c(Br)c1. The van der Waals surface area contributed by atoms with Crippen LogP contribution in [0, 0.1) is 0 Å². The highest BCUT2D eigenvalue weighted by molar-refractivity contribution is 9.10. The first kappa shape index (κ1) is 14.0. The maximum atomic E-state index is 11.9. The lowest BCUT2D eigenvalue weighted by Gasteiger charge is -2.16. The number of amides is 2. The summed E-state index contributed by atoms with van der Waals surface area (Å²) in [6, 6.07) is 4.88. The van der Waals surface area contributed by atoms with Crippen molar-refractivity contribution < 1.29 is 9.59 Å². The molecule has 0 aliphatic heterocycles. The van der Waals surface area contributed by atoms with Gasteiger partial charge >= 0.3 is 0 Å². The van der Waals surface area contributed by atoms with E-state index in [9.17, 15) is 9.59 Å². The lowest BCUT2D eigenvalue weighted by atomic mass is 10.2. The Kier molecular flexibility index (Phi) is 4.96. The van der Waals surface area contributed by atoms with E-state index in [1.165, 1.54) is 11.9 Å². The molecule has 1 aromatic rings. The van der Waals surface area contributed by atoms with Crippen LogP contribution >= 0.6 is 27.5 Å². The second kappa shape index (κ2) is 6.02. The fourth-order valence-corrected chi connectivity index (χ4v) is 1.71. The van der Waals surface area contributed by atoms with Gasteiger partial charge in [-0.2, -0.15) is 0 Å². The summed E-state index contributed by atoms with van der Waals surface area (Å²) in [7, 11) is 3.10. The Balaban J connectivity index is 2.81. The number of carbonyl (C=O) groups excluding carboxylic acids is 2. The molecule has 0 bridgehead atoms. The van der Waals surface area contributed by atoms with Crippen molar-refractivity contribution >= 4 is 39.3 Å². The second-order valence-corrected chi connectivity index (χ2v) is 4.72. The molecule has 0 saturated heterocycles. The topological polar surface area (TPSA) is 49.4 Å². The summed E-state index contributed by atoms with van der Waals surface area (Å²) in [6.45, 7) is 0.0234. The summed E-state index contributed by atoms with van der Waals surface area (Å²) in [5.41, 5.74) is 0.479. The molecule has 0 fully saturated rings. The molecular formula is C11H12BrClN2O2. The Hall–Kier alpha value is -1.07. The van der Waals surface area contributed by atoms with Gasteiger partial charge in [0, 0.05) is 24.1 Å². The van der Waals surface area contributed by atoms with Crippen molar-refractivity contribution in [3.05, 3.63) is 33.3 Å². The minimum Gasteiger partial charge on any atom is -0.358 e. The molecule has 0 radical (unpaired) electrons. The van der Waals surface area contributed by atoms with Gasteiger partial charge in [-0.05, 0) is 34.1 Å². The van der Waals surface area contributed by atoms with Gasteiger partial charge in [-0.3, -0.25) is 9.59 Å². The lowest BCUT2D eigenvalue weighted by Crippen LogP contribution is -2.36. The van der Waals surface area contributed by atoms with Crippen LogP contribution in [-0.2, 0) is 4.79 Å². The fourth-order valence-electron chi connectivity index (χ4n) is 1.22. The van der Waals surface area contributed by atoms with Gasteiger partial charge < -0.3 is 10.2 Å². The summed E-state index contributed by atoms with van der Waals surface area (Å²) < 4.78 is 0.651. The van der Waals surface area contributed by atoms with E-state index >= 15 is 0 Å². The zero-order valence-corrected chi connectivity index (χ0v) is 11.8. The van der Waals surface area contributed by atoms with Crippen molar-refractivity contribution in [2.75, 3.05) is 20.6 Å². The van der Waals surface area contributed by atoms with Crippen LogP contribution in [0.5, 0.6) is 0 Å². The minimum absolute atomic E-state index is 0.0234. The van der Waals surface area contributed by atoms with E-state index in [1.54, 1.807) is 25.2 Å². The number of nitrogens with one attached hydrogen (secondary N) is 1. The third-order valence-corrected chi connectivity index (χ3v) is 3.39. The molecule has 6 heteroatoms. The van der Waals surface area contributed by atoms with Gasteiger partial charge in [0.1, 0.15) is 0 Å². The molecule has 0 heterocycles. The molecule has 1 rings (SSSR count). The molecule has 0 unspecified atom stereocenters. The van der Waals surface area contributed by atoms with Crippen molar-refractivity contribution in [2.45, 2.75) is 0 Å². The van der Waals surface area contributed by atoms with Crippen LogP contribution in [-0.4, -0.2) is 37.4 Å². The highest BCUT2D eigenvalue weighted by atomic mass is 79.9. The van der Waals surface area contributed by atoms with Gasteiger partial charge in [0.25, 0.3) is 5.91 Å². The van der Waals surface area contributed by atoms with Crippen molar-refractivity contribution in [1.29, 1.82) is 0 Å². The maximum Gasteiger partial charge on any atom is 0.254 e. The van der Waals surface area contributed by atoms with E-state index in [1.807, 2.05) is 0 Å². The standard InChI is InChI=1S/C11H12BrClN2O2/c1-14-10(16)6-15(2)11(17)7-3-4-9(13)8(12)5-7/h3-5H,6H2,1-2H3,(H,14,16). The summed E-state index contributed by atoms with van der Waals surface area (Å²) in [5, 5.41) is 3.00. The first-order chi connectivity index (χ1) is 7.95. The predicted octanol–water partition coefficient (Wildman–Crippen LogP) is 1.92. The fraction of sp³-hybridized carbons (Fsp3) is 0.273. The first-order valence-corrected chi connectivity index (χ1v) is 6.04. The third-order valence-electron chi connectivity index (χ3n) is 2.17. The number of carbonyl (C=O) groups is 2. The van der Waals surface area contributed by atoms with Crippen molar-refractivity contribution in [3.8, 4) is 0 Å². The normalized spacial score (nSPS) is 9.88. The van der Waals surface area contributed by atoms with Crippen molar-refractivity contribution in [1.82, 2.24) is 10.2 Å². The van der Waals surface area contributed by atoms with E-state index in [-0.39, 0.29) is 18.4 Å². The number of hydrogen-bond donors (Lipinski definition) is 1. The quantitative estimate of drug-likeness (QED) is 0.925. The number of likely N-dealkylation sites (N-methyl/N-ethyl adjacent to an activating group) is 2. The van der Waals surface area contributed by atoms with E-state index in [0.29, 0.717) is 15.1 Å². The van der Waals surface area contributed by atoms with Crippen molar-refractivity contribution in [2.24, 2.45) is 0 Å². The highest BCUT2D eigenvalue weighted by Gasteiger charge is 2.14. The molecule has 0 saturated carbocycles. The number of nitrogens with zero attached hydrogens (tertiary/aromatic N) is 1. The monoisotopic (exact) mass is 318 g/mol. The first-order valence-electron chi connectivity index (χ1n) is 4.86. The van der Waals surface area contributed by atoms with Crippen LogP contribution in [0.15, 0.2) is 22.7 Å². The Morgan fingerprint density at radius 3 is 2.65 bits per heavy atom. The van der Waals surface area contributed by atoms with Gasteiger partial charge in [0.15, 0.2) is 0 Å². The number of hydrogen-bond acceptors (Lipinski definition) is 2. The number of rotatable bonds is 3. The van der Waals surface area contributed by atoms with Crippen LogP contribution in [0.25, 0.3) is 0 Å². The van der Waals surface area contributed by atoms with E-state index in [2.05, 4.69) is 21.2 Å². The van der Waals surface area contributed by atoms with Gasteiger partial charge in [-0.25, -0.2) is 0 Å². The van der Waals surface area contributed by atoms with E-state index in [4.69, 9.17) is 11.6 Å². The summed E-state index contributed by atoms with van der Waals surface area (Å²) >= 11 is 9.08. The van der Waals surface area contributed by atoms with E-state index in [0.717, 1.165) is 0 Å². The molecule has 17 heavy (non-hydrogen) atoms. The smallest absolute Gasteiger partial charge is 0.254 e. The molecule has 1 aromatic carbocycles. The molecule has 0 atom stereocenters. The molecule has 0 aliphatic rings. The minimum atomic E-state index is -0.231.